The number of hydrogen-bond donors (Lipinski definition) is 8. The fourth-order valence-corrected chi connectivity index (χ4v) is 3.78. The predicted octanol–water partition coefficient (Wildman–Crippen LogP) is -4.97. The van der Waals surface area contributed by atoms with E-state index in [4.69, 9.17) is 15.6 Å². The number of nitrogens with one attached hydrogen (secondary N) is 2. The second-order valence-electron chi connectivity index (χ2n) is 7.95. The Morgan fingerprint density at radius 2 is 1.80 bits per heavy atom. The third kappa shape index (κ3) is 6.77. The van der Waals surface area contributed by atoms with E-state index in [0.717, 1.165) is 13.8 Å². The van der Waals surface area contributed by atoms with Crippen molar-refractivity contribution in [2.24, 2.45) is 5.73 Å². The van der Waals surface area contributed by atoms with Crippen LogP contribution >= 0.6 is 0 Å². The molecule has 1 saturated heterocycles. The molecule has 0 aromatic rings. The van der Waals surface area contributed by atoms with Gasteiger partial charge in [0.15, 0.2) is 5.78 Å². The molecule has 9 N–H and O–H groups in total. The summed E-state index contributed by atoms with van der Waals surface area (Å²) in [5.74, 6) is -5.89. The molecule has 0 aromatic carbocycles. The van der Waals surface area contributed by atoms with Gasteiger partial charge in [0.25, 0.3) is 5.91 Å². The van der Waals surface area contributed by atoms with Gasteiger partial charge in [-0.15, -0.1) is 0 Å². The van der Waals surface area contributed by atoms with E-state index in [0.29, 0.717) is 0 Å². The van der Waals surface area contributed by atoms with Crippen LogP contribution in [0.4, 0.5) is 0 Å². The van der Waals surface area contributed by atoms with E-state index in [2.05, 4.69) is 5.32 Å². The zero-order chi connectivity index (χ0) is 27.1. The molecule has 1 aliphatic rings. The summed E-state index contributed by atoms with van der Waals surface area (Å²) >= 11 is 0. The Hall–Kier alpha value is -3.02. The lowest BCUT2D eigenvalue weighted by Gasteiger charge is -2.39. The van der Waals surface area contributed by atoms with Crippen LogP contribution in [0.3, 0.4) is 0 Å². The van der Waals surface area contributed by atoms with Gasteiger partial charge in [-0.2, -0.15) is 5.06 Å². The zero-order valence-electron chi connectivity index (χ0n) is 19.0. The van der Waals surface area contributed by atoms with E-state index >= 15 is 0 Å². The van der Waals surface area contributed by atoms with E-state index in [9.17, 15) is 49.3 Å². The lowest BCUT2D eigenvalue weighted by Crippen LogP contribution is -2.68. The molecular formula is C19H30N4O12. The number of ketones is 1. The number of Topliss-reactive ketones (excluding diaryl/α,β-unsaturated/α-hetero) is 1. The van der Waals surface area contributed by atoms with Gasteiger partial charge in [0.1, 0.15) is 36.7 Å². The summed E-state index contributed by atoms with van der Waals surface area (Å²) in [5.41, 5.74) is 2.52. The van der Waals surface area contributed by atoms with E-state index < -0.39 is 84.5 Å². The first-order chi connectivity index (χ1) is 16.2. The molecule has 16 nitrogen and oxygen atoms in total. The SMILES string of the molecule is CC(=O)N[C@@H](C=O)[C@@H](OC1CCN(O)[C@]1(C(C)=O)C(=O)N[C@H](CC(=O)O)C(N)=O)[C@H](O)[C@H](O)CO. The molecule has 0 aliphatic carbocycles. The summed E-state index contributed by atoms with van der Waals surface area (Å²) < 4.78 is 5.66. The number of carbonyl (C=O) groups is 6. The van der Waals surface area contributed by atoms with Gasteiger partial charge in [-0.1, -0.05) is 0 Å². The summed E-state index contributed by atoms with van der Waals surface area (Å²) in [7, 11) is 0. The maximum Gasteiger partial charge on any atom is 0.305 e. The first kappa shape index (κ1) is 30.0. The Morgan fingerprint density at radius 3 is 2.23 bits per heavy atom. The number of carboxylic acid groups (broad SMARTS) is 1. The number of ether oxygens (including phenoxy) is 1. The Labute approximate surface area is 199 Å². The number of hydrogen-bond acceptors (Lipinski definition) is 12. The zero-order valence-corrected chi connectivity index (χ0v) is 19.0. The highest BCUT2D eigenvalue weighted by atomic mass is 16.5. The molecule has 3 amide bonds. The minimum absolute atomic E-state index is 0.149. The summed E-state index contributed by atoms with van der Waals surface area (Å²) in [6, 6.07) is -3.40. The van der Waals surface area contributed by atoms with Gasteiger partial charge in [0.2, 0.25) is 17.4 Å². The molecular weight excluding hydrogens is 476 g/mol. The molecule has 35 heavy (non-hydrogen) atoms. The van der Waals surface area contributed by atoms with Gasteiger partial charge in [0, 0.05) is 13.5 Å². The second-order valence-corrected chi connectivity index (χ2v) is 7.95. The van der Waals surface area contributed by atoms with Crippen LogP contribution in [0.15, 0.2) is 0 Å². The monoisotopic (exact) mass is 506 g/mol. The summed E-state index contributed by atoms with van der Waals surface area (Å²) in [4.78, 5) is 71.6. The van der Waals surface area contributed by atoms with Crippen LogP contribution in [0.2, 0.25) is 0 Å². The van der Waals surface area contributed by atoms with Crippen LogP contribution in [0, 0.1) is 0 Å². The largest absolute Gasteiger partial charge is 0.481 e. The molecule has 16 heteroatoms. The van der Waals surface area contributed by atoms with Crippen LogP contribution in [-0.4, -0.2) is 122 Å². The van der Waals surface area contributed by atoms with Crippen molar-refractivity contribution in [3.63, 3.8) is 0 Å². The van der Waals surface area contributed by atoms with Crippen LogP contribution < -0.4 is 16.4 Å². The van der Waals surface area contributed by atoms with Crippen LogP contribution in [0.1, 0.15) is 26.7 Å². The Bertz CT molecular complexity index is 839. The number of hydroxylamine groups is 2. The Morgan fingerprint density at radius 1 is 1.20 bits per heavy atom. The Balaban J connectivity index is 3.47. The highest BCUT2D eigenvalue weighted by Crippen LogP contribution is 2.34. The lowest BCUT2D eigenvalue weighted by atomic mass is 9.87. The van der Waals surface area contributed by atoms with Crippen molar-refractivity contribution in [2.75, 3.05) is 13.2 Å². The molecule has 1 rings (SSSR count). The van der Waals surface area contributed by atoms with Gasteiger partial charge < -0.3 is 51.5 Å². The molecule has 0 saturated carbocycles. The number of carboxylic acids is 1. The minimum Gasteiger partial charge on any atom is -0.481 e. The number of aliphatic carboxylic acids is 1. The molecule has 0 spiro atoms. The minimum atomic E-state index is -2.60. The van der Waals surface area contributed by atoms with Crippen LogP contribution in [0.5, 0.6) is 0 Å². The average molecular weight is 506 g/mol. The lowest BCUT2D eigenvalue weighted by molar-refractivity contribution is -0.203. The maximum atomic E-state index is 13.2. The highest BCUT2D eigenvalue weighted by molar-refractivity contribution is 6.11. The van der Waals surface area contributed by atoms with Gasteiger partial charge in [-0.3, -0.25) is 24.0 Å². The second kappa shape index (κ2) is 12.6. The fraction of sp³-hybridized carbons (Fsp3) is 0.684. The molecule has 0 aromatic heterocycles. The summed E-state index contributed by atoms with van der Waals surface area (Å²) in [6.45, 7) is 0.569. The van der Waals surface area contributed by atoms with E-state index in [1.165, 1.54) is 0 Å². The number of carbonyl (C=O) groups excluding carboxylic acids is 5. The van der Waals surface area contributed by atoms with Crippen molar-refractivity contribution in [2.45, 2.75) is 68.7 Å². The van der Waals surface area contributed by atoms with E-state index in [-0.39, 0.29) is 24.3 Å². The highest BCUT2D eigenvalue weighted by Gasteiger charge is 2.61. The third-order valence-electron chi connectivity index (χ3n) is 5.50. The summed E-state index contributed by atoms with van der Waals surface area (Å²) in [5, 5.41) is 53.4. The quantitative estimate of drug-likeness (QED) is 0.0811. The number of aliphatic hydroxyl groups is 3. The van der Waals surface area contributed by atoms with Gasteiger partial charge >= 0.3 is 5.97 Å². The molecule has 0 bridgehead atoms. The van der Waals surface area contributed by atoms with Gasteiger partial charge in [0.05, 0.1) is 19.1 Å². The van der Waals surface area contributed by atoms with E-state index in [1.807, 2.05) is 5.32 Å². The molecule has 1 heterocycles. The summed E-state index contributed by atoms with van der Waals surface area (Å²) in [6.07, 6.45) is -8.43. The maximum absolute atomic E-state index is 13.2. The number of rotatable bonds is 14. The number of aldehydes is 1. The molecule has 1 aliphatic heterocycles. The van der Waals surface area contributed by atoms with Crippen molar-refractivity contribution < 1.29 is 59.1 Å². The Kier molecular flexibility index (Phi) is 10.8. The number of nitrogens with two attached hydrogens (primary N) is 1. The van der Waals surface area contributed by atoms with Crippen LogP contribution in [0.25, 0.3) is 0 Å². The smallest absolute Gasteiger partial charge is 0.305 e. The molecule has 7 atom stereocenters. The van der Waals surface area contributed by atoms with Crippen LogP contribution in [-0.2, 0) is 33.5 Å². The predicted molar refractivity (Wildman–Crippen MR) is 111 cm³/mol. The van der Waals surface area contributed by atoms with Gasteiger partial charge in [-0.25, -0.2) is 0 Å². The van der Waals surface area contributed by atoms with Crippen molar-refractivity contribution >= 4 is 35.8 Å². The molecule has 0 radical (unpaired) electrons. The third-order valence-corrected chi connectivity index (χ3v) is 5.50. The average Bonchev–Trinajstić information content (AvgIpc) is 3.10. The molecule has 198 valence electrons. The number of nitrogens with zero attached hydrogens (tertiary/aromatic N) is 1. The number of amides is 3. The first-order valence-corrected chi connectivity index (χ1v) is 10.4. The molecule has 1 unspecified atom stereocenters. The van der Waals surface area contributed by atoms with Crippen molar-refractivity contribution in [1.82, 2.24) is 15.7 Å². The standard InChI is InChI=1S/C19H30N4O12/c1-8(26)19(18(33)22-10(17(20)32)5-14(29)30)13(3-4-23(19)34)35-16(15(31)12(28)7-25)11(6-24)21-9(2)27/h6,10-13,15-16,25,28,31,34H,3-5,7H2,1-2H3,(H2,20,32)(H,21,27)(H,22,33)(H,29,30)/t10-,11+,12-,13?,15-,16-,19+/m1/s1. The fourth-order valence-electron chi connectivity index (χ4n) is 3.78. The van der Waals surface area contributed by atoms with Gasteiger partial charge in [-0.05, 0) is 13.3 Å². The number of primary amides is 1. The molecule has 1 fully saturated rings. The number of aliphatic hydroxyl groups excluding tert-OH is 3. The van der Waals surface area contributed by atoms with Crippen molar-refractivity contribution in [1.29, 1.82) is 0 Å². The topological polar surface area (TPSA) is 266 Å². The van der Waals surface area contributed by atoms with Crippen molar-refractivity contribution in [3.05, 3.63) is 0 Å². The normalized spacial score (nSPS) is 24.5. The first-order valence-electron chi connectivity index (χ1n) is 10.4. The van der Waals surface area contributed by atoms with E-state index in [1.54, 1.807) is 0 Å². The van der Waals surface area contributed by atoms with Crippen molar-refractivity contribution in [3.8, 4) is 0 Å².